The van der Waals surface area contributed by atoms with Gasteiger partial charge in [-0.15, -0.1) is 11.3 Å². The first-order valence-electron chi connectivity index (χ1n) is 9.91. The molecule has 1 aliphatic rings. The molecule has 11 heteroatoms. The van der Waals surface area contributed by atoms with Gasteiger partial charge in [-0.25, -0.2) is 0 Å². The topological polar surface area (TPSA) is 187 Å². The van der Waals surface area contributed by atoms with Crippen LogP contribution >= 0.6 is 11.3 Å². The van der Waals surface area contributed by atoms with Gasteiger partial charge in [0.25, 0.3) is 0 Å². The highest BCUT2D eigenvalue weighted by Gasteiger charge is 2.44. The molecule has 0 spiro atoms. The Labute approximate surface area is 188 Å². The number of nitrogens with one attached hydrogen (secondary N) is 5. The third-order valence-corrected chi connectivity index (χ3v) is 6.25. The van der Waals surface area contributed by atoms with Gasteiger partial charge in [-0.2, -0.15) is 0 Å². The summed E-state index contributed by atoms with van der Waals surface area (Å²) in [5, 5.41) is 23.1. The van der Waals surface area contributed by atoms with Crippen LogP contribution in [0.4, 0.5) is 0 Å². The Bertz CT molecular complexity index is 1080. The zero-order valence-electron chi connectivity index (χ0n) is 17.3. The molecule has 1 saturated heterocycles. The Hall–Kier alpha value is -3.73. The fourth-order valence-corrected chi connectivity index (χ4v) is 4.30. The summed E-state index contributed by atoms with van der Waals surface area (Å²) >= 11 is 1.31. The molecule has 2 aromatic rings. The van der Waals surface area contributed by atoms with Crippen LogP contribution in [0.3, 0.4) is 0 Å². The Balaban J connectivity index is 1.60. The molecule has 1 aromatic heterocycles. The van der Waals surface area contributed by atoms with Crippen LogP contribution < -0.4 is 27.4 Å². The van der Waals surface area contributed by atoms with Crippen LogP contribution in [0.2, 0.25) is 0 Å². The second-order valence-corrected chi connectivity index (χ2v) is 8.73. The summed E-state index contributed by atoms with van der Waals surface area (Å²) in [5.41, 5.74) is 11.1. The van der Waals surface area contributed by atoms with Crippen molar-refractivity contribution in [3.63, 3.8) is 0 Å². The highest BCUT2D eigenvalue weighted by atomic mass is 32.1. The van der Waals surface area contributed by atoms with E-state index in [1.807, 2.05) is 0 Å². The molecule has 1 aromatic carbocycles. The number of carbonyl (C=O) groups excluding carboxylic acids is 3. The van der Waals surface area contributed by atoms with Crippen LogP contribution in [0.5, 0.6) is 0 Å². The summed E-state index contributed by atoms with van der Waals surface area (Å²) in [7, 11) is 0. The first-order chi connectivity index (χ1) is 15.2. The molecule has 0 bridgehead atoms. The van der Waals surface area contributed by atoms with E-state index in [1.165, 1.54) is 11.3 Å². The van der Waals surface area contributed by atoms with Crippen molar-refractivity contribution in [3.05, 3.63) is 57.3 Å². The molecule has 0 saturated carbocycles. The van der Waals surface area contributed by atoms with Gasteiger partial charge in [-0.3, -0.25) is 25.2 Å². The minimum Gasteiger partial charge on any atom is -0.384 e. The highest BCUT2D eigenvalue weighted by molar-refractivity contribution is 7.14. The summed E-state index contributed by atoms with van der Waals surface area (Å²) in [4.78, 5) is 38.6. The van der Waals surface area contributed by atoms with Gasteiger partial charge in [-0.05, 0) is 30.2 Å². The third-order valence-electron chi connectivity index (χ3n) is 5.13. The SMILES string of the molecule is N=C(N)c1cccc(C[C@@]2(C(=O)NCC(=O)NCc3ccc(C(=N)N)s3)CCC(=O)N2)c1. The molecule has 168 valence electrons. The fourth-order valence-electron chi connectivity index (χ4n) is 3.49. The number of amidine groups is 2. The molecule has 0 unspecified atom stereocenters. The Morgan fingerprint density at radius 1 is 1.12 bits per heavy atom. The molecule has 10 nitrogen and oxygen atoms in total. The van der Waals surface area contributed by atoms with E-state index in [1.54, 1.807) is 36.4 Å². The van der Waals surface area contributed by atoms with E-state index in [0.717, 1.165) is 10.4 Å². The van der Waals surface area contributed by atoms with Crippen molar-refractivity contribution in [1.29, 1.82) is 10.8 Å². The molecule has 1 aliphatic heterocycles. The number of hydrogen-bond donors (Lipinski definition) is 7. The van der Waals surface area contributed by atoms with Crippen LogP contribution in [-0.2, 0) is 27.3 Å². The number of thiophene rings is 1. The van der Waals surface area contributed by atoms with Gasteiger partial charge in [0.05, 0.1) is 18.0 Å². The van der Waals surface area contributed by atoms with Crippen molar-refractivity contribution < 1.29 is 14.4 Å². The summed E-state index contributed by atoms with van der Waals surface area (Å²) in [6.45, 7) is 0.0151. The molecule has 3 rings (SSSR count). The molecule has 1 atom stereocenters. The maximum absolute atomic E-state index is 13.0. The maximum Gasteiger partial charge on any atom is 0.246 e. The molecule has 32 heavy (non-hydrogen) atoms. The number of benzene rings is 1. The summed E-state index contributed by atoms with van der Waals surface area (Å²) in [5.74, 6) is -1.17. The van der Waals surface area contributed by atoms with Crippen molar-refractivity contribution in [3.8, 4) is 0 Å². The van der Waals surface area contributed by atoms with E-state index in [2.05, 4.69) is 16.0 Å². The van der Waals surface area contributed by atoms with E-state index >= 15 is 0 Å². The number of amides is 3. The first-order valence-corrected chi connectivity index (χ1v) is 10.7. The predicted octanol–water partition coefficient (Wildman–Crippen LogP) is -0.0599. The summed E-state index contributed by atoms with van der Waals surface area (Å²) < 4.78 is 0. The molecule has 9 N–H and O–H groups in total. The van der Waals surface area contributed by atoms with Crippen LogP contribution in [0, 0.1) is 10.8 Å². The van der Waals surface area contributed by atoms with Gasteiger partial charge in [-0.1, -0.05) is 18.2 Å². The Kier molecular flexibility index (Phi) is 6.89. The third kappa shape index (κ3) is 5.49. The van der Waals surface area contributed by atoms with Gasteiger partial charge in [0.15, 0.2) is 0 Å². The average Bonchev–Trinajstić information content (AvgIpc) is 3.38. The zero-order chi connectivity index (χ0) is 23.3. The van der Waals surface area contributed by atoms with E-state index in [0.29, 0.717) is 16.9 Å². The average molecular weight is 456 g/mol. The van der Waals surface area contributed by atoms with Crippen molar-refractivity contribution in [2.75, 3.05) is 6.54 Å². The largest absolute Gasteiger partial charge is 0.384 e. The van der Waals surface area contributed by atoms with Gasteiger partial charge in [0.1, 0.15) is 17.2 Å². The van der Waals surface area contributed by atoms with Gasteiger partial charge in [0, 0.05) is 23.3 Å². The van der Waals surface area contributed by atoms with E-state index in [9.17, 15) is 14.4 Å². The van der Waals surface area contributed by atoms with Crippen molar-refractivity contribution >= 4 is 40.7 Å². The van der Waals surface area contributed by atoms with Crippen molar-refractivity contribution in [2.45, 2.75) is 31.3 Å². The minimum absolute atomic E-state index is 0.0300. The Morgan fingerprint density at radius 2 is 1.91 bits per heavy atom. The van der Waals surface area contributed by atoms with Crippen LogP contribution in [0.25, 0.3) is 0 Å². The Morgan fingerprint density at radius 3 is 2.53 bits per heavy atom. The number of hydrogen-bond acceptors (Lipinski definition) is 6. The van der Waals surface area contributed by atoms with Gasteiger partial charge < -0.3 is 27.4 Å². The van der Waals surface area contributed by atoms with E-state index in [-0.39, 0.29) is 49.4 Å². The quantitative estimate of drug-likeness (QED) is 0.206. The standard InChI is InChI=1S/C21H25N7O3S/c22-18(23)13-3-1-2-12(8-13)9-21(7-6-16(29)28-21)20(31)27-11-17(30)26-10-14-4-5-15(32-14)19(24)25/h1-5,8H,6-7,9-11H2,(H3,22,23)(H3,24,25)(H,26,30)(H,27,31)(H,28,29)/t21-/m1/s1. The second-order valence-electron chi connectivity index (χ2n) is 7.56. The van der Waals surface area contributed by atoms with Crippen LogP contribution in [0.1, 0.15) is 33.7 Å². The van der Waals surface area contributed by atoms with Crippen molar-refractivity contribution in [1.82, 2.24) is 16.0 Å². The fraction of sp³-hybridized carbons (Fsp3) is 0.286. The molecule has 1 fully saturated rings. The highest BCUT2D eigenvalue weighted by Crippen LogP contribution is 2.26. The first kappa shape index (κ1) is 22.9. The minimum atomic E-state index is -1.17. The lowest BCUT2D eigenvalue weighted by Gasteiger charge is -2.28. The number of nitrogen functional groups attached to an aromatic ring is 2. The molecule has 2 heterocycles. The van der Waals surface area contributed by atoms with Crippen LogP contribution in [-0.4, -0.2) is 41.5 Å². The van der Waals surface area contributed by atoms with E-state index < -0.39 is 11.4 Å². The number of carbonyl (C=O) groups is 3. The molecule has 0 aliphatic carbocycles. The predicted molar refractivity (Wildman–Crippen MR) is 121 cm³/mol. The van der Waals surface area contributed by atoms with Gasteiger partial charge in [0.2, 0.25) is 17.7 Å². The lowest BCUT2D eigenvalue weighted by molar-refractivity contribution is -0.131. The normalized spacial score (nSPS) is 17.4. The van der Waals surface area contributed by atoms with Crippen LogP contribution in [0.15, 0.2) is 36.4 Å². The zero-order valence-corrected chi connectivity index (χ0v) is 18.1. The number of rotatable bonds is 9. The monoisotopic (exact) mass is 455 g/mol. The number of nitrogens with two attached hydrogens (primary N) is 2. The molecular weight excluding hydrogens is 430 g/mol. The summed E-state index contributed by atoms with van der Waals surface area (Å²) in [6, 6.07) is 10.4. The maximum atomic E-state index is 13.0. The van der Waals surface area contributed by atoms with E-state index in [4.69, 9.17) is 22.3 Å². The lowest BCUT2D eigenvalue weighted by Crippen LogP contribution is -2.57. The van der Waals surface area contributed by atoms with Gasteiger partial charge >= 0.3 is 0 Å². The second kappa shape index (κ2) is 9.60. The molecular formula is C21H25N7O3S. The van der Waals surface area contributed by atoms with Crippen molar-refractivity contribution in [2.24, 2.45) is 11.5 Å². The molecule has 0 radical (unpaired) electrons. The molecule has 3 amide bonds. The smallest absolute Gasteiger partial charge is 0.246 e. The lowest BCUT2D eigenvalue weighted by atomic mass is 9.87. The summed E-state index contributed by atoms with van der Waals surface area (Å²) in [6.07, 6.45) is 0.728.